The number of carbonyl (C=O) groups is 5. The van der Waals surface area contributed by atoms with E-state index in [9.17, 15) is 24.0 Å². The Kier molecular flexibility index (Phi) is 13.2. The van der Waals surface area contributed by atoms with Gasteiger partial charge >= 0.3 is 6.09 Å². The monoisotopic (exact) mass is 835 g/mol. The molecule has 0 saturated carbocycles. The molecule has 19 nitrogen and oxygen atoms in total. The van der Waals surface area contributed by atoms with E-state index in [2.05, 4.69) is 36.4 Å². The SMILES string of the molecule is CCn1nc(C)cc1C(=O)Nc1nc2cc(C(N)=O)ccc2n1CCCCn1c(NC(=O)c2cc(C)nn2CC)nc2cc(C(=O)NCCCNC(=O)OC(C)(C)C)ccc21. The molecule has 6 N–H and O–H groups in total. The number of aromatic nitrogens is 8. The maximum absolute atomic E-state index is 13.6. The lowest BCUT2D eigenvalue weighted by Gasteiger charge is -2.19. The summed E-state index contributed by atoms with van der Waals surface area (Å²) in [5.74, 6) is -1.05. The number of nitrogens with one attached hydrogen (secondary N) is 4. The van der Waals surface area contributed by atoms with Gasteiger partial charge in [-0.3, -0.25) is 39.2 Å². The van der Waals surface area contributed by atoms with Crippen LogP contribution >= 0.6 is 0 Å². The summed E-state index contributed by atoms with van der Waals surface area (Å²) in [7, 11) is 0. The topological polar surface area (TPSA) is 240 Å². The summed E-state index contributed by atoms with van der Waals surface area (Å²) in [6.07, 6.45) is 1.19. The molecule has 0 bridgehead atoms. The van der Waals surface area contributed by atoms with Gasteiger partial charge in [-0.25, -0.2) is 14.8 Å². The number of hydrogen-bond acceptors (Lipinski definition) is 10. The van der Waals surface area contributed by atoms with E-state index < -0.39 is 17.6 Å². The fraction of sp³-hybridized carbons (Fsp3) is 0.405. The van der Waals surface area contributed by atoms with Crippen LogP contribution in [0.2, 0.25) is 0 Å². The van der Waals surface area contributed by atoms with Gasteiger partial charge in [-0.15, -0.1) is 0 Å². The van der Waals surface area contributed by atoms with E-state index in [1.165, 1.54) is 0 Å². The third-order valence-corrected chi connectivity index (χ3v) is 9.68. The number of hydrogen-bond donors (Lipinski definition) is 5. The van der Waals surface area contributed by atoms with Crippen LogP contribution in [0.1, 0.15) is 107 Å². The number of imidazole rings is 2. The molecule has 0 fully saturated rings. The Morgan fingerprint density at radius 2 is 1.13 bits per heavy atom. The second kappa shape index (κ2) is 18.5. The van der Waals surface area contributed by atoms with E-state index in [1.807, 2.05) is 36.8 Å². The Hall–Kier alpha value is -7.05. The minimum absolute atomic E-state index is 0.293. The standard InChI is InChI=1S/C42H53N13O6/c1-8-54-33(21-25(3)50-54)37(58)48-39-46-29-23-27(35(43)56)13-15-31(29)52(39)19-10-11-20-53-32-16-14-28(36(57)44-17-12-18-45-41(60)61-42(5,6)7)24-30(32)47-40(53)49-38(59)34-22-26(4)51-55(34)9-2/h13-16,21-24H,8-12,17-20H2,1-7H3,(H2,43,56)(H,44,57)(H,45,60)(H,46,48,58)(H,47,49,59). The summed E-state index contributed by atoms with van der Waals surface area (Å²) in [4.78, 5) is 73.7. The van der Waals surface area contributed by atoms with Crippen molar-refractivity contribution in [1.82, 2.24) is 49.3 Å². The Balaban J connectivity index is 1.21. The van der Waals surface area contributed by atoms with Crippen LogP contribution in [0.4, 0.5) is 16.7 Å². The number of benzene rings is 2. The second-order valence-electron chi connectivity index (χ2n) is 15.6. The van der Waals surface area contributed by atoms with Crippen LogP contribution in [-0.2, 0) is 30.9 Å². The first-order valence-corrected chi connectivity index (χ1v) is 20.3. The van der Waals surface area contributed by atoms with Gasteiger partial charge < -0.3 is 30.2 Å². The average Bonchev–Trinajstić information content (AvgIpc) is 3.97. The largest absolute Gasteiger partial charge is 0.444 e. The molecule has 0 unspecified atom stereocenters. The van der Waals surface area contributed by atoms with Gasteiger partial charge in [-0.1, -0.05) is 0 Å². The van der Waals surface area contributed by atoms with Gasteiger partial charge in [-0.2, -0.15) is 10.2 Å². The van der Waals surface area contributed by atoms with Crippen molar-refractivity contribution in [2.75, 3.05) is 23.7 Å². The van der Waals surface area contributed by atoms with Crippen LogP contribution < -0.4 is 27.0 Å². The van der Waals surface area contributed by atoms with Crippen LogP contribution in [0.5, 0.6) is 0 Å². The first kappa shape index (κ1) is 43.5. The molecule has 4 aromatic heterocycles. The molecule has 4 heterocycles. The summed E-state index contributed by atoms with van der Waals surface area (Å²) in [5, 5.41) is 20.3. The Bertz CT molecular complexity index is 2610. The number of nitrogens with two attached hydrogens (primary N) is 1. The molecule has 0 aliphatic rings. The second-order valence-corrected chi connectivity index (χ2v) is 15.6. The molecular weight excluding hydrogens is 783 g/mol. The number of amides is 5. The first-order valence-electron chi connectivity index (χ1n) is 20.3. The van der Waals surface area contributed by atoms with Crippen LogP contribution in [0.25, 0.3) is 22.1 Å². The van der Waals surface area contributed by atoms with Crippen molar-refractivity contribution < 1.29 is 28.7 Å². The highest BCUT2D eigenvalue weighted by Gasteiger charge is 2.22. The lowest BCUT2D eigenvalue weighted by Crippen LogP contribution is -2.34. The minimum atomic E-state index is -0.607. The lowest BCUT2D eigenvalue weighted by atomic mass is 10.2. The maximum Gasteiger partial charge on any atom is 0.407 e. The van der Waals surface area contributed by atoms with Crippen LogP contribution in [0.3, 0.4) is 0 Å². The van der Waals surface area contributed by atoms with E-state index in [4.69, 9.17) is 15.5 Å². The molecular formula is C42H53N13O6. The number of fused-ring (bicyclic) bond motifs is 2. The highest BCUT2D eigenvalue weighted by molar-refractivity contribution is 6.04. The molecule has 2 aromatic carbocycles. The van der Waals surface area contributed by atoms with Gasteiger partial charge in [-0.05, 0) is 116 Å². The number of alkyl carbamates (subject to hydrolysis) is 1. The van der Waals surface area contributed by atoms with Gasteiger partial charge in [0.15, 0.2) is 0 Å². The zero-order chi connectivity index (χ0) is 44.0. The zero-order valence-electron chi connectivity index (χ0n) is 35.6. The van der Waals surface area contributed by atoms with Crippen LogP contribution in [0, 0.1) is 13.8 Å². The fourth-order valence-electron chi connectivity index (χ4n) is 6.90. The van der Waals surface area contributed by atoms with Gasteiger partial charge in [0.05, 0.1) is 33.5 Å². The maximum atomic E-state index is 13.6. The van der Waals surface area contributed by atoms with Crippen LogP contribution in [-0.4, -0.2) is 87.1 Å². The molecule has 0 radical (unpaired) electrons. The van der Waals surface area contributed by atoms with Crippen molar-refractivity contribution in [3.63, 3.8) is 0 Å². The summed E-state index contributed by atoms with van der Waals surface area (Å²) in [5.41, 5.74) is 10.2. The number of primary amides is 1. The Morgan fingerprint density at radius 1 is 0.656 bits per heavy atom. The van der Waals surface area contributed by atoms with Gasteiger partial charge in [0.1, 0.15) is 17.0 Å². The van der Waals surface area contributed by atoms with E-state index in [1.54, 1.807) is 78.7 Å². The highest BCUT2D eigenvalue weighted by atomic mass is 16.6. The Labute approximate surface area is 352 Å². The highest BCUT2D eigenvalue weighted by Crippen LogP contribution is 2.26. The summed E-state index contributed by atoms with van der Waals surface area (Å²) < 4.78 is 12.3. The van der Waals surface area contributed by atoms with Gasteiger partial charge in [0.2, 0.25) is 17.8 Å². The molecule has 0 aliphatic carbocycles. The third kappa shape index (κ3) is 10.4. The average molecular weight is 836 g/mol. The lowest BCUT2D eigenvalue weighted by molar-refractivity contribution is 0.0527. The van der Waals surface area contributed by atoms with Crippen molar-refractivity contribution >= 4 is 63.7 Å². The molecule has 6 aromatic rings. The van der Waals surface area contributed by atoms with E-state index in [0.717, 1.165) is 0 Å². The number of aryl methyl sites for hydroxylation is 6. The molecule has 0 atom stereocenters. The smallest absolute Gasteiger partial charge is 0.407 e. The number of rotatable bonds is 17. The third-order valence-electron chi connectivity index (χ3n) is 9.68. The summed E-state index contributed by atoms with van der Waals surface area (Å²) in [6, 6.07) is 13.6. The van der Waals surface area contributed by atoms with Crippen molar-refractivity contribution in [2.45, 2.75) is 99.5 Å². The number of anilines is 2. The summed E-state index contributed by atoms with van der Waals surface area (Å²) >= 11 is 0. The number of unbranched alkanes of at least 4 members (excludes halogenated alkanes) is 1. The molecule has 0 saturated heterocycles. The predicted molar refractivity (Wildman–Crippen MR) is 230 cm³/mol. The number of carbonyl (C=O) groups excluding carboxylic acids is 5. The first-order chi connectivity index (χ1) is 29.0. The molecule has 61 heavy (non-hydrogen) atoms. The fourth-order valence-corrected chi connectivity index (χ4v) is 6.90. The molecule has 0 aliphatic heterocycles. The van der Waals surface area contributed by atoms with Crippen molar-refractivity contribution in [3.05, 3.63) is 82.4 Å². The van der Waals surface area contributed by atoms with Crippen molar-refractivity contribution in [3.8, 4) is 0 Å². The van der Waals surface area contributed by atoms with Crippen molar-refractivity contribution in [2.24, 2.45) is 5.73 Å². The molecule has 5 amide bonds. The normalized spacial score (nSPS) is 11.5. The number of nitrogens with zero attached hydrogens (tertiary/aromatic N) is 8. The summed E-state index contributed by atoms with van der Waals surface area (Å²) in [6.45, 7) is 15.3. The molecule has 6 rings (SSSR count). The van der Waals surface area contributed by atoms with Crippen molar-refractivity contribution in [1.29, 1.82) is 0 Å². The van der Waals surface area contributed by atoms with E-state index in [-0.39, 0.29) is 17.7 Å². The Morgan fingerprint density at radius 3 is 1.61 bits per heavy atom. The minimum Gasteiger partial charge on any atom is -0.444 e. The van der Waals surface area contributed by atoms with Gasteiger partial charge in [0.25, 0.3) is 17.7 Å². The molecule has 0 spiro atoms. The number of ether oxygens (including phenoxy) is 1. The van der Waals surface area contributed by atoms with E-state index in [0.29, 0.717) is 126 Å². The van der Waals surface area contributed by atoms with Crippen LogP contribution in [0.15, 0.2) is 48.5 Å². The predicted octanol–water partition coefficient (Wildman–Crippen LogP) is 5.16. The van der Waals surface area contributed by atoms with E-state index >= 15 is 0 Å². The zero-order valence-corrected chi connectivity index (χ0v) is 35.6. The quantitative estimate of drug-likeness (QED) is 0.0756. The van der Waals surface area contributed by atoms with Gasteiger partial charge in [0, 0.05) is 50.4 Å². The molecule has 322 valence electrons. The molecule has 19 heteroatoms.